The van der Waals surface area contributed by atoms with Crippen LogP contribution in [0.1, 0.15) is 16.1 Å². The summed E-state index contributed by atoms with van der Waals surface area (Å²) >= 11 is 0. The Balaban J connectivity index is 1.88. The molecule has 10 nitrogen and oxygen atoms in total. The SMILES string of the molecule is COC(=O)c1n[nH]c2ccc(NS(=O)(=O)c3ccc(OCC(=O)O)c(C)c3)cc12. The summed E-state index contributed by atoms with van der Waals surface area (Å²) in [5.41, 5.74) is 1.28. The largest absolute Gasteiger partial charge is 0.482 e. The summed E-state index contributed by atoms with van der Waals surface area (Å²) < 4.78 is 37.6. The highest BCUT2D eigenvalue weighted by atomic mass is 32.2. The fourth-order valence-electron chi connectivity index (χ4n) is 2.63. The van der Waals surface area contributed by atoms with Crippen molar-refractivity contribution in [3.8, 4) is 5.75 Å². The van der Waals surface area contributed by atoms with Crippen LogP contribution in [0.15, 0.2) is 41.3 Å². The normalized spacial score (nSPS) is 11.2. The molecule has 0 aliphatic carbocycles. The Kier molecular flexibility index (Phi) is 5.41. The Bertz CT molecular complexity index is 1200. The lowest BCUT2D eigenvalue weighted by Crippen LogP contribution is -2.14. The minimum absolute atomic E-state index is 0.0295. The zero-order valence-electron chi connectivity index (χ0n) is 15.4. The zero-order valence-corrected chi connectivity index (χ0v) is 16.2. The van der Waals surface area contributed by atoms with E-state index >= 15 is 0 Å². The van der Waals surface area contributed by atoms with Gasteiger partial charge in [0, 0.05) is 11.1 Å². The average molecular weight is 419 g/mol. The molecule has 1 heterocycles. The maximum Gasteiger partial charge on any atom is 0.359 e. The zero-order chi connectivity index (χ0) is 21.2. The minimum Gasteiger partial charge on any atom is -0.482 e. The van der Waals surface area contributed by atoms with Crippen LogP contribution in [-0.2, 0) is 19.6 Å². The third-order valence-electron chi connectivity index (χ3n) is 4.00. The molecule has 0 aliphatic heterocycles. The number of nitrogens with zero attached hydrogens (tertiary/aromatic N) is 1. The van der Waals surface area contributed by atoms with Gasteiger partial charge in [-0.25, -0.2) is 18.0 Å². The Morgan fingerprint density at radius 2 is 1.97 bits per heavy atom. The van der Waals surface area contributed by atoms with Crippen molar-refractivity contribution in [3.63, 3.8) is 0 Å². The molecule has 0 bridgehead atoms. The van der Waals surface area contributed by atoms with E-state index in [-0.39, 0.29) is 22.0 Å². The summed E-state index contributed by atoms with van der Waals surface area (Å²) in [6, 6.07) is 8.65. The van der Waals surface area contributed by atoms with Crippen LogP contribution in [0.25, 0.3) is 10.9 Å². The summed E-state index contributed by atoms with van der Waals surface area (Å²) in [6.07, 6.45) is 0. The lowest BCUT2D eigenvalue weighted by Gasteiger charge is -2.11. The number of carbonyl (C=O) groups is 2. The van der Waals surface area contributed by atoms with Gasteiger partial charge in [-0.05, 0) is 48.9 Å². The van der Waals surface area contributed by atoms with Crippen molar-refractivity contribution in [1.29, 1.82) is 0 Å². The van der Waals surface area contributed by atoms with E-state index in [1.54, 1.807) is 13.0 Å². The number of ether oxygens (including phenoxy) is 2. The predicted molar refractivity (Wildman–Crippen MR) is 103 cm³/mol. The Labute approximate surface area is 165 Å². The molecule has 0 unspecified atom stereocenters. The first-order valence-corrected chi connectivity index (χ1v) is 9.74. The number of carboxylic acids is 1. The molecule has 0 atom stereocenters. The van der Waals surface area contributed by atoms with Crippen molar-refractivity contribution >= 4 is 38.6 Å². The standard InChI is InChI=1S/C18H17N3O7S/c1-10-7-12(4-6-15(10)28-9-16(22)23)29(25,26)21-11-3-5-14-13(8-11)17(20-19-14)18(24)27-2/h3-8,21H,9H2,1-2H3,(H,19,20)(H,22,23). The number of sulfonamides is 1. The summed E-state index contributed by atoms with van der Waals surface area (Å²) in [7, 11) is -2.72. The number of nitrogens with one attached hydrogen (secondary N) is 2. The first-order valence-electron chi connectivity index (χ1n) is 8.26. The molecule has 0 radical (unpaired) electrons. The van der Waals surface area contributed by atoms with Gasteiger partial charge >= 0.3 is 11.9 Å². The van der Waals surface area contributed by atoms with Gasteiger partial charge in [-0.3, -0.25) is 9.82 Å². The van der Waals surface area contributed by atoms with Crippen LogP contribution in [0.4, 0.5) is 5.69 Å². The lowest BCUT2D eigenvalue weighted by molar-refractivity contribution is -0.139. The summed E-state index contributed by atoms with van der Waals surface area (Å²) in [6.45, 7) is 1.08. The lowest BCUT2D eigenvalue weighted by atomic mass is 10.2. The molecule has 0 amide bonds. The molecule has 2 aromatic carbocycles. The number of hydrogen-bond acceptors (Lipinski definition) is 7. The van der Waals surface area contributed by atoms with E-state index in [0.29, 0.717) is 16.5 Å². The van der Waals surface area contributed by atoms with Crippen molar-refractivity contribution in [2.45, 2.75) is 11.8 Å². The van der Waals surface area contributed by atoms with E-state index in [0.717, 1.165) is 0 Å². The second-order valence-electron chi connectivity index (χ2n) is 6.04. The van der Waals surface area contributed by atoms with Gasteiger partial charge in [0.25, 0.3) is 10.0 Å². The quantitative estimate of drug-likeness (QED) is 0.492. The van der Waals surface area contributed by atoms with Crippen LogP contribution in [0.2, 0.25) is 0 Å². The van der Waals surface area contributed by atoms with Gasteiger partial charge in [-0.2, -0.15) is 5.10 Å². The Hall–Kier alpha value is -3.60. The van der Waals surface area contributed by atoms with Gasteiger partial charge in [0.05, 0.1) is 17.5 Å². The Morgan fingerprint density at radius 1 is 1.21 bits per heavy atom. The molecular formula is C18H17N3O7S. The molecule has 152 valence electrons. The predicted octanol–water partition coefficient (Wildman–Crippen LogP) is 1.92. The van der Waals surface area contributed by atoms with Crippen molar-refractivity contribution in [2.75, 3.05) is 18.4 Å². The molecule has 3 N–H and O–H groups in total. The van der Waals surface area contributed by atoms with Gasteiger partial charge in [0.15, 0.2) is 12.3 Å². The number of carbonyl (C=O) groups excluding carboxylic acids is 1. The third-order valence-corrected chi connectivity index (χ3v) is 5.38. The number of H-pyrrole nitrogens is 1. The first-order chi connectivity index (χ1) is 13.7. The van der Waals surface area contributed by atoms with E-state index in [2.05, 4.69) is 19.7 Å². The topological polar surface area (TPSA) is 148 Å². The molecule has 0 aliphatic rings. The number of aromatic amines is 1. The van der Waals surface area contributed by atoms with E-state index in [9.17, 15) is 18.0 Å². The van der Waals surface area contributed by atoms with Gasteiger partial charge in [0.1, 0.15) is 5.75 Å². The molecule has 11 heteroatoms. The minimum atomic E-state index is -3.94. The molecule has 0 spiro atoms. The number of aliphatic carboxylic acids is 1. The van der Waals surface area contributed by atoms with Crippen molar-refractivity contribution in [2.24, 2.45) is 0 Å². The second kappa shape index (κ2) is 7.80. The average Bonchev–Trinajstić information content (AvgIpc) is 3.09. The van der Waals surface area contributed by atoms with Gasteiger partial charge in [0.2, 0.25) is 0 Å². The number of rotatable bonds is 7. The van der Waals surface area contributed by atoms with Crippen LogP contribution < -0.4 is 9.46 Å². The second-order valence-corrected chi connectivity index (χ2v) is 7.72. The van der Waals surface area contributed by atoms with E-state index in [1.165, 1.54) is 37.4 Å². The smallest absolute Gasteiger partial charge is 0.359 e. The van der Waals surface area contributed by atoms with Crippen molar-refractivity contribution in [3.05, 3.63) is 47.7 Å². The molecule has 3 aromatic rings. The number of hydrogen-bond donors (Lipinski definition) is 3. The number of aryl methyl sites for hydroxylation is 1. The van der Waals surface area contributed by atoms with Crippen molar-refractivity contribution in [1.82, 2.24) is 10.2 Å². The van der Waals surface area contributed by atoms with Gasteiger partial charge in [-0.1, -0.05) is 0 Å². The maximum absolute atomic E-state index is 12.7. The van der Waals surface area contributed by atoms with Gasteiger partial charge < -0.3 is 14.6 Å². The first kappa shape index (κ1) is 20.1. The molecule has 29 heavy (non-hydrogen) atoms. The highest BCUT2D eigenvalue weighted by molar-refractivity contribution is 7.92. The molecular weight excluding hydrogens is 402 g/mol. The Morgan fingerprint density at radius 3 is 2.62 bits per heavy atom. The number of esters is 1. The number of carboxylic acid groups (broad SMARTS) is 1. The van der Waals surface area contributed by atoms with Gasteiger partial charge in [-0.15, -0.1) is 0 Å². The number of methoxy groups -OCH3 is 1. The number of fused-ring (bicyclic) bond motifs is 1. The highest BCUT2D eigenvalue weighted by Crippen LogP contribution is 2.26. The van der Waals surface area contributed by atoms with E-state index < -0.39 is 28.6 Å². The molecule has 0 fully saturated rings. The molecule has 0 saturated carbocycles. The van der Waals surface area contributed by atoms with Crippen LogP contribution in [0, 0.1) is 6.92 Å². The fourth-order valence-corrected chi connectivity index (χ4v) is 3.77. The summed E-state index contributed by atoms with van der Waals surface area (Å²) in [5, 5.41) is 15.6. The third kappa shape index (κ3) is 4.29. The molecule has 0 saturated heterocycles. The van der Waals surface area contributed by atoms with E-state index in [4.69, 9.17) is 9.84 Å². The van der Waals surface area contributed by atoms with Crippen LogP contribution in [0.3, 0.4) is 0 Å². The number of aromatic nitrogens is 2. The monoisotopic (exact) mass is 419 g/mol. The van der Waals surface area contributed by atoms with Crippen LogP contribution in [-0.4, -0.2) is 49.4 Å². The fraction of sp³-hybridized carbons (Fsp3) is 0.167. The van der Waals surface area contributed by atoms with Crippen molar-refractivity contribution < 1.29 is 32.6 Å². The molecule has 3 rings (SSSR count). The summed E-state index contributed by atoms with van der Waals surface area (Å²) in [4.78, 5) is 22.4. The number of anilines is 1. The maximum atomic E-state index is 12.7. The molecule has 1 aromatic heterocycles. The number of benzene rings is 2. The van der Waals surface area contributed by atoms with Crippen LogP contribution >= 0.6 is 0 Å². The highest BCUT2D eigenvalue weighted by Gasteiger charge is 2.19. The summed E-state index contributed by atoms with van der Waals surface area (Å²) in [5.74, 6) is -1.51. The van der Waals surface area contributed by atoms with Crippen LogP contribution in [0.5, 0.6) is 5.75 Å². The van der Waals surface area contributed by atoms with E-state index in [1.807, 2.05) is 0 Å².